The van der Waals surface area contributed by atoms with Crippen molar-refractivity contribution in [3.63, 3.8) is 0 Å². The average Bonchev–Trinajstić information content (AvgIpc) is 3.10. The van der Waals surface area contributed by atoms with E-state index >= 15 is 0 Å². The molecule has 2 fully saturated rings. The molecule has 1 heterocycles. The number of nitrogens with one attached hydrogen (secondary N) is 1. The van der Waals surface area contributed by atoms with E-state index in [-0.39, 0.29) is 5.91 Å². The molecule has 0 spiro atoms. The van der Waals surface area contributed by atoms with Gasteiger partial charge in [-0.1, -0.05) is 31.4 Å². The third kappa shape index (κ3) is 3.44. The van der Waals surface area contributed by atoms with E-state index in [1.165, 1.54) is 17.1 Å². The minimum absolute atomic E-state index is 0.123. The van der Waals surface area contributed by atoms with Crippen LogP contribution in [0.3, 0.4) is 0 Å². The van der Waals surface area contributed by atoms with E-state index in [0.29, 0.717) is 10.1 Å². The zero-order valence-electron chi connectivity index (χ0n) is 12.5. The summed E-state index contributed by atoms with van der Waals surface area (Å²) in [5, 5.41) is 12.4. The van der Waals surface area contributed by atoms with Crippen LogP contribution in [0, 0.1) is 11.3 Å². The molecule has 1 aliphatic heterocycles. The van der Waals surface area contributed by atoms with Crippen molar-refractivity contribution in [1.82, 2.24) is 5.32 Å². The Hall–Kier alpha value is -1.12. The standard InChI is InChI=1S/C17H20N2OS2/c18-12-17(8-2-1-3-9-17)19-15(20)13-4-6-14(7-5-13)16-21-10-11-22-16/h4-7,16H,1-3,8-11H2,(H,19,20). The predicted octanol–water partition coefficient (Wildman–Crippen LogP) is 4.12. The van der Waals surface area contributed by atoms with Crippen LogP contribution in [-0.2, 0) is 0 Å². The van der Waals surface area contributed by atoms with Gasteiger partial charge in [0.1, 0.15) is 5.54 Å². The van der Waals surface area contributed by atoms with Crippen LogP contribution in [0.25, 0.3) is 0 Å². The second kappa shape index (κ2) is 6.97. The van der Waals surface area contributed by atoms with Gasteiger partial charge < -0.3 is 5.32 Å². The van der Waals surface area contributed by atoms with Gasteiger partial charge in [-0.15, -0.1) is 23.5 Å². The molecule has 1 aromatic rings. The van der Waals surface area contributed by atoms with E-state index in [1.54, 1.807) is 0 Å². The molecule has 0 bridgehead atoms. The van der Waals surface area contributed by atoms with Gasteiger partial charge in [-0.25, -0.2) is 0 Å². The van der Waals surface area contributed by atoms with Gasteiger partial charge in [-0.2, -0.15) is 5.26 Å². The maximum absolute atomic E-state index is 12.4. The fourth-order valence-electron chi connectivity index (χ4n) is 3.05. The molecule has 0 atom stereocenters. The highest BCUT2D eigenvalue weighted by Crippen LogP contribution is 2.45. The first-order valence-electron chi connectivity index (χ1n) is 7.79. The maximum Gasteiger partial charge on any atom is 0.252 e. The second-order valence-electron chi connectivity index (χ2n) is 5.90. The highest BCUT2D eigenvalue weighted by Gasteiger charge is 2.33. The van der Waals surface area contributed by atoms with Gasteiger partial charge in [0.25, 0.3) is 5.91 Å². The maximum atomic E-state index is 12.4. The number of nitriles is 1. The lowest BCUT2D eigenvalue weighted by Gasteiger charge is -2.31. The number of nitrogens with zero attached hydrogens (tertiary/aromatic N) is 1. The van der Waals surface area contributed by atoms with E-state index in [9.17, 15) is 10.1 Å². The third-order valence-corrected chi connectivity index (χ3v) is 7.45. The molecule has 0 unspecified atom stereocenters. The number of benzene rings is 1. The van der Waals surface area contributed by atoms with Gasteiger partial charge in [-0.3, -0.25) is 4.79 Å². The monoisotopic (exact) mass is 332 g/mol. The van der Waals surface area contributed by atoms with Gasteiger partial charge >= 0.3 is 0 Å². The van der Waals surface area contributed by atoms with Crippen LogP contribution in [0.1, 0.15) is 52.6 Å². The van der Waals surface area contributed by atoms with Gasteiger partial charge in [-0.05, 0) is 30.5 Å². The predicted molar refractivity (Wildman–Crippen MR) is 93.0 cm³/mol. The molecule has 1 aromatic carbocycles. The summed E-state index contributed by atoms with van der Waals surface area (Å²) in [7, 11) is 0. The lowest BCUT2D eigenvalue weighted by Crippen LogP contribution is -2.48. The van der Waals surface area contributed by atoms with Crippen molar-refractivity contribution < 1.29 is 4.79 Å². The van der Waals surface area contributed by atoms with Crippen molar-refractivity contribution in [1.29, 1.82) is 5.26 Å². The first-order chi connectivity index (χ1) is 10.7. The van der Waals surface area contributed by atoms with Crippen molar-refractivity contribution in [2.24, 2.45) is 0 Å². The van der Waals surface area contributed by atoms with Crippen LogP contribution in [-0.4, -0.2) is 23.0 Å². The Morgan fingerprint density at radius 1 is 1.14 bits per heavy atom. The molecule has 1 saturated heterocycles. The van der Waals surface area contributed by atoms with Crippen molar-refractivity contribution in [3.8, 4) is 6.07 Å². The lowest BCUT2D eigenvalue weighted by molar-refractivity contribution is 0.0902. The van der Waals surface area contributed by atoms with Gasteiger partial charge in [0.05, 0.1) is 10.7 Å². The van der Waals surface area contributed by atoms with Gasteiger partial charge in [0.15, 0.2) is 0 Å². The van der Waals surface area contributed by atoms with Crippen LogP contribution in [0.15, 0.2) is 24.3 Å². The van der Waals surface area contributed by atoms with E-state index < -0.39 is 5.54 Å². The van der Waals surface area contributed by atoms with Crippen LogP contribution in [0.5, 0.6) is 0 Å². The Bertz CT molecular complexity index is 567. The summed E-state index contributed by atoms with van der Waals surface area (Å²) in [6, 6.07) is 10.2. The molecule has 1 amide bonds. The van der Waals surface area contributed by atoms with E-state index in [0.717, 1.165) is 32.1 Å². The van der Waals surface area contributed by atoms with E-state index in [1.807, 2.05) is 47.8 Å². The Morgan fingerprint density at radius 2 is 1.77 bits per heavy atom. The van der Waals surface area contributed by atoms with E-state index in [2.05, 4.69) is 11.4 Å². The molecule has 2 aliphatic rings. The Labute approximate surface area is 140 Å². The topological polar surface area (TPSA) is 52.9 Å². The minimum atomic E-state index is -0.662. The van der Waals surface area contributed by atoms with Crippen molar-refractivity contribution in [2.45, 2.75) is 42.2 Å². The summed E-state index contributed by atoms with van der Waals surface area (Å²) in [5.74, 6) is 2.27. The summed E-state index contributed by atoms with van der Waals surface area (Å²) < 4.78 is 0.501. The molecular formula is C17H20N2OS2. The molecular weight excluding hydrogens is 312 g/mol. The van der Waals surface area contributed by atoms with Crippen LogP contribution < -0.4 is 5.32 Å². The van der Waals surface area contributed by atoms with Gasteiger partial charge in [0.2, 0.25) is 0 Å². The Morgan fingerprint density at radius 3 is 2.36 bits per heavy atom. The zero-order valence-corrected chi connectivity index (χ0v) is 14.1. The summed E-state index contributed by atoms with van der Waals surface area (Å²) >= 11 is 3.92. The largest absolute Gasteiger partial charge is 0.334 e. The molecule has 116 valence electrons. The lowest BCUT2D eigenvalue weighted by atomic mass is 9.82. The smallest absolute Gasteiger partial charge is 0.252 e. The van der Waals surface area contributed by atoms with Crippen LogP contribution in [0.2, 0.25) is 0 Å². The quantitative estimate of drug-likeness (QED) is 0.904. The molecule has 3 rings (SSSR count). The van der Waals surface area contributed by atoms with Crippen molar-refractivity contribution in [2.75, 3.05) is 11.5 Å². The highest BCUT2D eigenvalue weighted by molar-refractivity contribution is 8.19. The molecule has 1 N–H and O–H groups in total. The Balaban J connectivity index is 1.68. The third-order valence-electron chi connectivity index (χ3n) is 4.34. The average molecular weight is 332 g/mol. The highest BCUT2D eigenvalue weighted by atomic mass is 32.2. The summed E-state index contributed by atoms with van der Waals surface area (Å²) in [5.41, 5.74) is 1.26. The fraction of sp³-hybridized carbons (Fsp3) is 0.529. The number of amides is 1. The van der Waals surface area contributed by atoms with E-state index in [4.69, 9.17) is 0 Å². The Kier molecular flexibility index (Phi) is 5.00. The number of carbonyl (C=O) groups is 1. The summed E-state index contributed by atoms with van der Waals surface area (Å²) in [4.78, 5) is 12.4. The SMILES string of the molecule is N#CC1(NC(=O)c2ccc(C3SCCS3)cc2)CCCCC1. The molecule has 5 heteroatoms. The molecule has 1 aliphatic carbocycles. The summed E-state index contributed by atoms with van der Waals surface area (Å²) in [6.45, 7) is 0. The van der Waals surface area contributed by atoms with Crippen LogP contribution >= 0.6 is 23.5 Å². The number of rotatable bonds is 3. The molecule has 3 nitrogen and oxygen atoms in total. The zero-order chi connectivity index (χ0) is 15.4. The number of hydrogen-bond acceptors (Lipinski definition) is 4. The first kappa shape index (κ1) is 15.8. The molecule has 1 saturated carbocycles. The number of carbonyl (C=O) groups excluding carboxylic acids is 1. The second-order valence-corrected chi connectivity index (χ2v) is 8.63. The fourth-order valence-corrected chi connectivity index (χ4v) is 5.91. The molecule has 22 heavy (non-hydrogen) atoms. The summed E-state index contributed by atoms with van der Waals surface area (Å²) in [6.07, 6.45) is 4.72. The first-order valence-corrected chi connectivity index (χ1v) is 9.89. The molecule has 0 aromatic heterocycles. The number of thioether (sulfide) groups is 2. The normalized spacial score (nSPS) is 21.2. The van der Waals surface area contributed by atoms with Gasteiger partial charge in [0, 0.05) is 17.1 Å². The van der Waals surface area contributed by atoms with Crippen LogP contribution in [0.4, 0.5) is 0 Å². The van der Waals surface area contributed by atoms with Crippen molar-refractivity contribution >= 4 is 29.4 Å². The number of hydrogen-bond donors (Lipinski definition) is 1. The minimum Gasteiger partial charge on any atom is -0.334 e. The molecule has 0 radical (unpaired) electrons. The van der Waals surface area contributed by atoms with Crippen molar-refractivity contribution in [3.05, 3.63) is 35.4 Å².